The minimum absolute atomic E-state index is 0.375. The molecule has 3 rings (SSSR count). The fraction of sp³-hybridized carbons (Fsp3) is 0.250. The van der Waals surface area contributed by atoms with Gasteiger partial charge in [0.05, 0.1) is 22.9 Å². The van der Waals surface area contributed by atoms with Crippen LogP contribution in [0.15, 0.2) is 28.9 Å². The Balaban J connectivity index is 2.20. The molecule has 0 radical (unpaired) electrons. The molecule has 98 valence electrons. The Bertz CT molecular complexity index is 724. The quantitative estimate of drug-likeness (QED) is 0.776. The molecule has 0 amide bonds. The van der Waals surface area contributed by atoms with E-state index in [9.17, 15) is 0 Å². The van der Waals surface area contributed by atoms with Crippen molar-refractivity contribution in [3.05, 3.63) is 40.3 Å². The molecule has 1 atom stereocenters. The maximum Gasteiger partial charge on any atom is 0.153 e. The van der Waals surface area contributed by atoms with E-state index < -0.39 is 0 Å². The topological polar surface area (TPSA) is 74.6 Å². The third-order valence-electron chi connectivity index (χ3n) is 3.20. The number of nitrogens with two attached hydrogens (primary N) is 1. The Morgan fingerprint density at radius 1 is 1.21 bits per heavy atom. The fourth-order valence-corrected chi connectivity index (χ4v) is 2.84. The van der Waals surface area contributed by atoms with Gasteiger partial charge in [-0.3, -0.25) is 4.68 Å². The molecule has 1 unspecified atom stereocenters. The van der Waals surface area contributed by atoms with Gasteiger partial charge in [0.15, 0.2) is 4.60 Å². The second kappa shape index (κ2) is 4.43. The van der Waals surface area contributed by atoms with E-state index in [1.165, 1.54) is 0 Å². The van der Waals surface area contributed by atoms with E-state index >= 15 is 0 Å². The van der Waals surface area contributed by atoms with E-state index in [0.717, 1.165) is 22.3 Å². The van der Waals surface area contributed by atoms with E-state index in [1.807, 2.05) is 43.0 Å². The number of aryl methyl sites for hydroxylation is 2. The van der Waals surface area contributed by atoms with Crippen LogP contribution in [0.4, 0.5) is 0 Å². The van der Waals surface area contributed by atoms with Crippen molar-refractivity contribution in [2.75, 3.05) is 0 Å². The van der Waals surface area contributed by atoms with Gasteiger partial charge in [-0.2, -0.15) is 5.10 Å². The molecule has 2 aromatic heterocycles. The minimum Gasteiger partial charge on any atom is -0.318 e. The summed E-state index contributed by atoms with van der Waals surface area (Å²) in [5, 5.41) is 13.5. The zero-order valence-electron chi connectivity index (χ0n) is 10.6. The van der Waals surface area contributed by atoms with E-state index in [0.29, 0.717) is 4.60 Å². The zero-order valence-corrected chi connectivity index (χ0v) is 12.2. The molecule has 0 bridgehead atoms. The SMILES string of the molecule is Cn1nnc(Br)c1C(N)c1nn(C)c2ccccc12. The van der Waals surface area contributed by atoms with Crippen molar-refractivity contribution in [3.8, 4) is 0 Å². The van der Waals surface area contributed by atoms with Gasteiger partial charge in [-0.1, -0.05) is 23.4 Å². The van der Waals surface area contributed by atoms with Crippen LogP contribution in [-0.2, 0) is 14.1 Å². The van der Waals surface area contributed by atoms with E-state index in [2.05, 4.69) is 31.3 Å². The summed E-state index contributed by atoms with van der Waals surface area (Å²) in [5.74, 6) is 0. The molecule has 0 saturated carbocycles. The molecular formula is C12H13BrN6. The van der Waals surface area contributed by atoms with E-state index in [1.54, 1.807) is 4.68 Å². The summed E-state index contributed by atoms with van der Waals surface area (Å²) in [4.78, 5) is 0. The molecule has 0 aliphatic heterocycles. The van der Waals surface area contributed by atoms with Crippen LogP contribution in [0.1, 0.15) is 17.4 Å². The van der Waals surface area contributed by atoms with Crippen molar-refractivity contribution in [1.82, 2.24) is 24.8 Å². The number of aromatic nitrogens is 5. The van der Waals surface area contributed by atoms with Crippen molar-refractivity contribution >= 4 is 26.8 Å². The number of para-hydroxylation sites is 1. The first-order valence-corrected chi connectivity index (χ1v) is 6.61. The molecule has 19 heavy (non-hydrogen) atoms. The smallest absolute Gasteiger partial charge is 0.153 e. The lowest BCUT2D eigenvalue weighted by Gasteiger charge is -2.09. The summed E-state index contributed by atoms with van der Waals surface area (Å²) in [6.07, 6.45) is 0. The highest BCUT2D eigenvalue weighted by molar-refractivity contribution is 9.10. The molecule has 1 aromatic carbocycles. The first-order chi connectivity index (χ1) is 9.09. The van der Waals surface area contributed by atoms with Crippen LogP contribution in [0, 0.1) is 0 Å². The normalized spacial score (nSPS) is 13.1. The zero-order chi connectivity index (χ0) is 13.6. The molecule has 0 saturated heterocycles. The van der Waals surface area contributed by atoms with Crippen LogP contribution in [0.3, 0.4) is 0 Å². The van der Waals surface area contributed by atoms with Crippen LogP contribution in [0.5, 0.6) is 0 Å². The number of benzene rings is 1. The second-order valence-electron chi connectivity index (χ2n) is 4.39. The Morgan fingerprint density at radius 3 is 2.63 bits per heavy atom. The van der Waals surface area contributed by atoms with Crippen molar-refractivity contribution in [3.63, 3.8) is 0 Å². The third-order valence-corrected chi connectivity index (χ3v) is 3.77. The van der Waals surface area contributed by atoms with Gasteiger partial charge >= 0.3 is 0 Å². The number of rotatable bonds is 2. The molecule has 0 aliphatic carbocycles. The maximum absolute atomic E-state index is 6.34. The molecular weight excluding hydrogens is 308 g/mol. The number of hydrogen-bond donors (Lipinski definition) is 1. The highest BCUT2D eigenvalue weighted by Crippen LogP contribution is 2.28. The van der Waals surface area contributed by atoms with Gasteiger partial charge in [0.1, 0.15) is 0 Å². The molecule has 6 nitrogen and oxygen atoms in total. The van der Waals surface area contributed by atoms with Gasteiger partial charge in [0.25, 0.3) is 0 Å². The monoisotopic (exact) mass is 320 g/mol. The van der Waals surface area contributed by atoms with Crippen LogP contribution >= 0.6 is 15.9 Å². The van der Waals surface area contributed by atoms with E-state index in [-0.39, 0.29) is 6.04 Å². The first-order valence-electron chi connectivity index (χ1n) is 5.82. The lowest BCUT2D eigenvalue weighted by molar-refractivity contribution is 0.636. The second-order valence-corrected chi connectivity index (χ2v) is 5.14. The lowest BCUT2D eigenvalue weighted by atomic mass is 10.1. The van der Waals surface area contributed by atoms with Gasteiger partial charge in [0, 0.05) is 19.5 Å². The van der Waals surface area contributed by atoms with Crippen LogP contribution in [0.2, 0.25) is 0 Å². The van der Waals surface area contributed by atoms with Gasteiger partial charge < -0.3 is 5.73 Å². The summed E-state index contributed by atoms with van der Waals surface area (Å²) in [6.45, 7) is 0. The van der Waals surface area contributed by atoms with Crippen molar-refractivity contribution in [1.29, 1.82) is 0 Å². The van der Waals surface area contributed by atoms with E-state index in [4.69, 9.17) is 5.73 Å². The van der Waals surface area contributed by atoms with Crippen molar-refractivity contribution < 1.29 is 0 Å². The Morgan fingerprint density at radius 2 is 1.95 bits per heavy atom. The summed E-state index contributed by atoms with van der Waals surface area (Å²) in [7, 11) is 3.73. The summed E-state index contributed by atoms with van der Waals surface area (Å²) in [6, 6.07) is 7.64. The number of nitrogens with zero attached hydrogens (tertiary/aromatic N) is 5. The lowest BCUT2D eigenvalue weighted by Crippen LogP contribution is -2.17. The van der Waals surface area contributed by atoms with Crippen LogP contribution in [0.25, 0.3) is 10.9 Å². The molecule has 2 N–H and O–H groups in total. The highest BCUT2D eigenvalue weighted by Gasteiger charge is 2.23. The minimum atomic E-state index is -0.375. The van der Waals surface area contributed by atoms with Crippen LogP contribution < -0.4 is 5.73 Å². The predicted octanol–water partition coefficient (Wildman–Crippen LogP) is 1.51. The first kappa shape index (κ1) is 12.3. The standard InChI is InChI=1S/C12H13BrN6/c1-18-8-6-4-3-5-7(8)10(16-18)9(14)11-12(13)15-17-19(11)2/h3-6,9H,14H2,1-2H3. The molecule has 2 heterocycles. The number of fused-ring (bicyclic) bond motifs is 1. The molecule has 0 aliphatic rings. The summed E-state index contributed by atoms with van der Waals surface area (Å²) >= 11 is 3.38. The average molecular weight is 321 g/mol. The molecule has 0 spiro atoms. The molecule has 3 aromatic rings. The highest BCUT2D eigenvalue weighted by atomic mass is 79.9. The molecule has 7 heteroatoms. The Labute approximate surface area is 118 Å². The fourth-order valence-electron chi connectivity index (χ4n) is 2.27. The van der Waals surface area contributed by atoms with Crippen LogP contribution in [-0.4, -0.2) is 24.8 Å². The van der Waals surface area contributed by atoms with Gasteiger partial charge in [0.2, 0.25) is 0 Å². The average Bonchev–Trinajstić information content (AvgIpc) is 2.91. The van der Waals surface area contributed by atoms with Crippen molar-refractivity contribution in [2.45, 2.75) is 6.04 Å². The van der Waals surface area contributed by atoms with Gasteiger partial charge in [-0.25, -0.2) is 4.68 Å². The van der Waals surface area contributed by atoms with Gasteiger partial charge in [-0.15, -0.1) is 5.10 Å². The Hall–Kier alpha value is -1.73. The number of hydrogen-bond acceptors (Lipinski definition) is 4. The summed E-state index contributed by atoms with van der Waals surface area (Å²) in [5.41, 5.74) is 9.02. The predicted molar refractivity (Wildman–Crippen MR) is 75.4 cm³/mol. The number of halogens is 1. The van der Waals surface area contributed by atoms with Gasteiger partial charge in [-0.05, 0) is 22.0 Å². The largest absolute Gasteiger partial charge is 0.318 e. The van der Waals surface area contributed by atoms with Crippen molar-refractivity contribution in [2.24, 2.45) is 19.8 Å². The molecule has 0 fully saturated rings. The third kappa shape index (κ3) is 1.85. The maximum atomic E-state index is 6.34. The Kier molecular flexibility index (Phi) is 2.87. The summed E-state index contributed by atoms with van der Waals surface area (Å²) < 4.78 is 4.15.